The lowest BCUT2D eigenvalue weighted by Gasteiger charge is -2.15. The van der Waals surface area contributed by atoms with Crippen LogP contribution in [0.4, 0.5) is 5.82 Å². The smallest absolute Gasteiger partial charge is 0.314 e. The Morgan fingerprint density at radius 3 is 2.58 bits per heavy atom. The van der Waals surface area contributed by atoms with E-state index in [0.29, 0.717) is 24.6 Å². The Labute approximate surface area is 139 Å². The molecule has 2 aromatic heterocycles. The van der Waals surface area contributed by atoms with Gasteiger partial charge in [-0.05, 0) is 23.6 Å². The molecule has 122 valence electrons. The van der Waals surface area contributed by atoms with Crippen LogP contribution in [0.1, 0.15) is 22.9 Å². The van der Waals surface area contributed by atoms with E-state index in [1.807, 2.05) is 34.9 Å². The van der Waals surface area contributed by atoms with Crippen molar-refractivity contribution in [1.82, 2.24) is 14.5 Å². The van der Waals surface area contributed by atoms with Gasteiger partial charge in [-0.25, -0.2) is 9.97 Å². The van der Waals surface area contributed by atoms with Gasteiger partial charge in [0.2, 0.25) is 0 Å². The van der Waals surface area contributed by atoms with E-state index in [9.17, 15) is 9.90 Å². The van der Waals surface area contributed by atoms with Gasteiger partial charge < -0.3 is 15.4 Å². The maximum atomic E-state index is 11.8. The van der Waals surface area contributed by atoms with E-state index < -0.39 is 11.9 Å². The number of aliphatic carboxylic acids is 1. The molecule has 0 spiro atoms. The summed E-state index contributed by atoms with van der Waals surface area (Å²) in [5.41, 5.74) is 7.48. The standard InChI is InChI=1S/C18H18N4O2/c19-16-7-6-14(11-21-16)10-15(18(23)24)17-20-8-9-22(17)12-13-4-2-1-3-5-13/h1-9,11,15H,10,12H2,(H2,19,21)(H,23,24). The summed E-state index contributed by atoms with van der Waals surface area (Å²) in [5.74, 6) is -0.708. The van der Waals surface area contributed by atoms with Gasteiger partial charge in [-0.1, -0.05) is 36.4 Å². The minimum absolute atomic E-state index is 0.314. The largest absolute Gasteiger partial charge is 0.481 e. The lowest BCUT2D eigenvalue weighted by Crippen LogP contribution is -2.20. The highest BCUT2D eigenvalue weighted by Crippen LogP contribution is 2.21. The number of carboxylic acid groups (broad SMARTS) is 1. The number of hydrogen-bond acceptors (Lipinski definition) is 4. The van der Waals surface area contributed by atoms with Gasteiger partial charge in [0.15, 0.2) is 0 Å². The fraction of sp³-hybridized carbons (Fsp3) is 0.167. The van der Waals surface area contributed by atoms with Crippen LogP contribution in [0.25, 0.3) is 0 Å². The van der Waals surface area contributed by atoms with Crippen molar-refractivity contribution in [1.29, 1.82) is 0 Å². The van der Waals surface area contributed by atoms with Crippen LogP contribution in [0.3, 0.4) is 0 Å². The first-order valence-corrected chi connectivity index (χ1v) is 7.61. The summed E-state index contributed by atoms with van der Waals surface area (Å²) >= 11 is 0. The third-order valence-corrected chi connectivity index (χ3v) is 3.84. The molecule has 0 aliphatic rings. The first kappa shape index (κ1) is 15.7. The normalized spacial score (nSPS) is 12.0. The summed E-state index contributed by atoms with van der Waals surface area (Å²) in [4.78, 5) is 20.1. The molecule has 1 aromatic carbocycles. The second-order valence-electron chi connectivity index (χ2n) is 5.59. The van der Waals surface area contributed by atoms with Gasteiger partial charge in [0.05, 0.1) is 0 Å². The van der Waals surface area contributed by atoms with Crippen molar-refractivity contribution in [3.8, 4) is 0 Å². The first-order valence-electron chi connectivity index (χ1n) is 7.61. The van der Waals surface area contributed by atoms with Gasteiger partial charge in [0.25, 0.3) is 0 Å². The average Bonchev–Trinajstić information content (AvgIpc) is 3.02. The number of nitrogens with two attached hydrogens (primary N) is 1. The number of carbonyl (C=O) groups is 1. The summed E-state index contributed by atoms with van der Waals surface area (Å²) < 4.78 is 1.87. The van der Waals surface area contributed by atoms with E-state index in [1.54, 1.807) is 30.7 Å². The molecule has 2 heterocycles. The molecule has 0 bridgehead atoms. The molecule has 24 heavy (non-hydrogen) atoms. The highest BCUT2D eigenvalue weighted by molar-refractivity contribution is 5.75. The number of rotatable bonds is 6. The summed E-state index contributed by atoms with van der Waals surface area (Å²) in [6, 6.07) is 13.3. The average molecular weight is 322 g/mol. The maximum absolute atomic E-state index is 11.8. The second-order valence-corrected chi connectivity index (χ2v) is 5.59. The number of pyridine rings is 1. The molecule has 0 amide bonds. The van der Waals surface area contributed by atoms with Gasteiger partial charge in [-0.15, -0.1) is 0 Å². The molecule has 1 atom stereocenters. The van der Waals surface area contributed by atoms with Gasteiger partial charge in [-0.2, -0.15) is 0 Å². The SMILES string of the molecule is Nc1ccc(CC(C(=O)O)c2nccn2Cc2ccccc2)cn1. The molecule has 0 aliphatic carbocycles. The maximum Gasteiger partial charge on any atom is 0.314 e. The van der Waals surface area contributed by atoms with E-state index >= 15 is 0 Å². The topological polar surface area (TPSA) is 94.0 Å². The Morgan fingerprint density at radius 1 is 1.12 bits per heavy atom. The number of imidazole rings is 1. The van der Waals surface area contributed by atoms with Crippen molar-refractivity contribution in [3.63, 3.8) is 0 Å². The summed E-state index contributed by atoms with van der Waals surface area (Å²) in [7, 11) is 0. The molecule has 3 aromatic rings. The molecule has 6 nitrogen and oxygen atoms in total. The van der Waals surface area contributed by atoms with Crippen LogP contribution < -0.4 is 5.73 Å². The predicted octanol–water partition coefficient (Wildman–Crippen LogP) is 2.32. The molecule has 6 heteroatoms. The van der Waals surface area contributed by atoms with Gasteiger partial charge in [0, 0.05) is 25.1 Å². The highest BCUT2D eigenvalue weighted by atomic mass is 16.4. The lowest BCUT2D eigenvalue weighted by molar-refractivity contribution is -0.139. The Morgan fingerprint density at radius 2 is 1.92 bits per heavy atom. The number of nitrogen functional groups attached to an aromatic ring is 1. The molecule has 0 radical (unpaired) electrons. The molecule has 0 fully saturated rings. The Bertz CT molecular complexity index is 813. The molecule has 0 saturated carbocycles. The van der Waals surface area contributed by atoms with Crippen molar-refractivity contribution in [2.45, 2.75) is 18.9 Å². The van der Waals surface area contributed by atoms with Crippen molar-refractivity contribution >= 4 is 11.8 Å². The van der Waals surface area contributed by atoms with E-state index in [2.05, 4.69) is 9.97 Å². The quantitative estimate of drug-likeness (QED) is 0.726. The second kappa shape index (κ2) is 6.95. The van der Waals surface area contributed by atoms with Crippen LogP contribution in [0.15, 0.2) is 61.1 Å². The lowest BCUT2D eigenvalue weighted by atomic mass is 9.99. The van der Waals surface area contributed by atoms with Crippen LogP contribution >= 0.6 is 0 Å². The summed E-state index contributed by atoms with van der Waals surface area (Å²) in [6.07, 6.45) is 5.36. The molecule has 3 N–H and O–H groups in total. The van der Waals surface area contributed by atoms with Crippen LogP contribution in [0, 0.1) is 0 Å². The number of hydrogen-bond donors (Lipinski definition) is 2. The van der Waals surface area contributed by atoms with Crippen LogP contribution in [0.5, 0.6) is 0 Å². The zero-order valence-electron chi connectivity index (χ0n) is 13.0. The predicted molar refractivity (Wildman–Crippen MR) is 90.5 cm³/mol. The molecule has 3 rings (SSSR count). The monoisotopic (exact) mass is 322 g/mol. The third-order valence-electron chi connectivity index (χ3n) is 3.84. The Hall–Kier alpha value is -3.15. The Balaban J connectivity index is 1.85. The van der Waals surface area contributed by atoms with Gasteiger partial charge >= 0.3 is 5.97 Å². The summed E-state index contributed by atoms with van der Waals surface area (Å²) in [5, 5.41) is 9.65. The minimum Gasteiger partial charge on any atom is -0.481 e. The molecule has 0 saturated heterocycles. The Kier molecular flexibility index (Phi) is 4.56. The van der Waals surface area contributed by atoms with E-state index in [0.717, 1.165) is 11.1 Å². The van der Waals surface area contributed by atoms with Gasteiger partial charge in [-0.3, -0.25) is 4.79 Å². The fourth-order valence-electron chi connectivity index (χ4n) is 2.63. The zero-order valence-corrected chi connectivity index (χ0v) is 13.0. The number of nitrogens with zero attached hydrogens (tertiary/aromatic N) is 3. The summed E-state index contributed by atoms with van der Waals surface area (Å²) in [6.45, 7) is 0.583. The molecular weight excluding hydrogens is 304 g/mol. The number of carboxylic acids is 1. The van der Waals surface area contributed by atoms with Crippen LogP contribution in [-0.2, 0) is 17.8 Å². The fourth-order valence-corrected chi connectivity index (χ4v) is 2.63. The molecule has 1 unspecified atom stereocenters. The van der Waals surface area contributed by atoms with E-state index in [4.69, 9.17) is 5.73 Å². The number of anilines is 1. The van der Waals surface area contributed by atoms with E-state index in [1.165, 1.54) is 0 Å². The minimum atomic E-state index is -0.910. The van der Waals surface area contributed by atoms with Crippen molar-refractivity contribution in [2.24, 2.45) is 0 Å². The van der Waals surface area contributed by atoms with Crippen molar-refractivity contribution in [3.05, 3.63) is 78.0 Å². The first-order chi connectivity index (χ1) is 11.6. The number of aromatic nitrogens is 3. The van der Waals surface area contributed by atoms with Crippen LogP contribution in [0.2, 0.25) is 0 Å². The van der Waals surface area contributed by atoms with Crippen molar-refractivity contribution < 1.29 is 9.90 Å². The van der Waals surface area contributed by atoms with E-state index in [-0.39, 0.29) is 0 Å². The van der Waals surface area contributed by atoms with Crippen LogP contribution in [-0.4, -0.2) is 25.6 Å². The van der Waals surface area contributed by atoms with Gasteiger partial charge in [0.1, 0.15) is 17.6 Å². The number of benzene rings is 1. The highest BCUT2D eigenvalue weighted by Gasteiger charge is 2.25. The molecule has 0 aliphatic heterocycles. The zero-order chi connectivity index (χ0) is 16.9. The van der Waals surface area contributed by atoms with Crippen molar-refractivity contribution in [2.75, 3.05) is 5.73 Å². The molecular formula is C18H18N4O2. The third kappa shape index (κ3) is 3.60.